The predicted molar refractivity (Wildman–Crippen MR) is 101 cm³/mol. The highest BCUT2D eigenvalue weighted by molar-refractivity contribution is 7.15. The molecule has 2 aromatic carbocycles. The molecule has 0 amide bonds. The number of aromatic nitrogens is 3. The summed E-state index contributed by atoms with van der Waals surface area (Å²) >= 11 is 1.32. The fourth-order valence-corrected chi connectivity index (χ4v) is 3.46. The molecule has 26 heavy (non-hydrogen) atoms. The topological polar surface area (TPSA) is 65.7 Å². The van der Waals surface area contributed by atoms with Crippen molar-refractivity contribution in [2.45, 2.75) is 0 Å². The quantitative estimate of drug-likeness (QED) is 0.556. The van der Waals surface area contributed by atoms with Crippen molar-refractivity contribution in [3.63, 3.8) is 0 Å². The number of fused-ring (bicyclic) bond motifs is 1. The number of hydrogen-bond acceptors (Lipinski definition) is 6. The van der Waals surface area contributed by atoms with Gasteiger partial charge >= 0.3 is 0 Å². The van der Waals surface area contributed by atoms with Crippen LogP contribution in [0.4, 0.5) is 0 Å². The number of nitrogens with zero attached hydrogens (tertiary/aromatic N) is 3. The summed E-state index contributed by atoms with van der Waals surface area (Å²) in [7, 11) is 3.24. The Morgan fingerprint density at radius 2 is 1.58 bits per heavy atom. The van der Waals surface area contributed by atoms with Crippen molar-refractivity contribution >= 4 is 22.4 Å². The fourth-order valence-electron chi connectivity index (χ4n) is 2.55. The van der Waals surface area contributed by atoms with E-state index >= 15 is 0 Å². The van der Waals surface area contributed by atoms with Crippen LogP contribution in [0, 0.1) is 0 Å². The van der Waals surface area contributed by atoms with Gasteiger partial charge in [-0.15, -0.1) is 5.10 Å². The van der Waals surface area contributed by atoms with Crippen molar-refractivity contribution in [1.82, 2.24) is 14.6 Å². The Hall–Kier alpha value is -3.19. The summed E-state index contributed by atoms with van der Waals surface area (Å²) in [5, 5.41) is 4.35. The fraction of sp³-hybridized carbons (Fsp3) is 0.105. The lowest BCUT2D eigenvalue weighted by Crippen LogP contribution is -2.23. The lowest BCUT2D eigenvalue weighted by atomic mass is 10.2. The average molecular weight is 365 g/mol. The van der Waals surface area contributed by atoms with Crippen molar-refractivity contribution in [3.8, 4) is 22.9 Å². The minimum absolute atomic E-state index is 0.173. The van der Waals surface area contributed by atoms with Gasteiger partial charge in [0.25, 0.3) is 5.56 Å². The van der Waals surface area contributed by atoms with Crippen LogP contribution < -0.4 is 19.6 Å². The highest BCUT2D eigenvalue weighted by Gasteiger charge is 2.12. The van der Waals surface area contributed by atoms with Crippen LogP contribution in [0.15, 0.2) is 53.3 Å². The highest BCUT2D eigenvalue weighted by atomic mass is 32.1. The number of thiazole rings is 1. The molecule has 0 atom stereocenters. The second kappa shape index (κ2) is 6.61. The Balaban J connectivity index is 1.72. The molecule has 4 aromatic rings. The van der Waals surface area contributed by atoms with Gasteiger partial charge in [0, 0.05) is 5.56 Å². The standard InChI is InChI=1S/C19H15N3O3S/c1-24-14-7-3-12(4-8-14)11-16-18(23)22-19(26-16)20-17(21-22)13-5-9-15(25-2)10-6-13/h3-11H,1-2H3/b16-11+. The van der Waals surface area contributed by atoms with Gasteiger partial charge in [-0.05, 0) is 48.0 Å². The maximum atomic E-state index is 12.6. The van der Waals surface area contributed by atoms with E-state index in [1.807, 2.05) is 54.6 Å². The van der Waals surface area contributed by atoms with Gasteiger partial charge in [0.05, 0.1) is 18.8 Å². The van der Waals surface area contributed by atoms with Gasteiger partial charge in [-0.1, -0.05) is 23.5 Å². The SMILES string of the molecule is COc1ccc(/C=c2/sc3nc(-c4ccc(OC)cc4)nn3c2=O)cc1. The van der Waals surface area contributed by atoms with E-state index < -0.39 is 0 Å². The number of hydrogen-bond donors (Lipinski definition) is 0. The van der Waals surface area contributed by atoms with Crippen LogP contribution in [-0.4, -0.2) is 28.8 Å². The zero-order valence-electron chi connectivity index (χ0n) is 14.2. The van der Waals surface area contributed by atoms with Gasteiger partial charge < -0.3 is 9.47 Å². The van der Waals surface area contributed by atoms with Crippen molar-refractivity contribution in [1.29, 1.82) is 0 Å². The van der Waals surface area contributed by atoms with Crippen LogP contribution in [0.1, 0.15) is 5.56 Å². The lowest BCUT2D eigenvalue weighted by Gasteiger charge is -1.99. The first kappa shape index (κ1) is 16.3. The van der Waals surface area contributed by atoms with Gasteiger partial charge in [-0.25, -0.2) is 0 Å². The molecule has 0 aliphatic carbocycles. The number of methoxy groups -OCH3 is 2. The third-order valence-electron chi connectivity index (χ3n) is 3.94. The maximum Gasteiger partial charge on any atom is 0.291 e. The molecule has 0 saturated heterocycles. The smallest absolute Gasteiger partial charge is 0.291 e. The first-order valence-corrected chi connectivity index (χ1v) is 8.69. The largest absolute Gasteiger partial charge is 0.497 e. The van der Waals surface area contributed by atoms with E-state index in [0.29, 0.717) is 15.3 Å². The predicted octanol–water partition coefficient (Wildman–Crippen LogP) is 2.38. The molecule has 0 aliphatic rings. The summed E-state index contributed by atoms with van der Waals surface area (Å²) < 4.78 is 12.2. The summed E-state index contributed by atoms with van der Waals surface area (Å²) in [6, 6.07) is 14.9. The Morgan fingerprint density at radius 3 is 2.15 bits per heavy atom. The zero-order chi connectivity index (χ0) is 18.1. The molecule has 0 radical (unpaired) electrons. The minimum atomic E-state index is -0.173. The van der Waals surface area contributed by atoms with E-state index in [-0.39, 0.29) is 5.56 Å². The Morgan fingerprint density at radius 1 is 0.962 bits per heavy atom. The van der Waals surface area contributed by atoms with E-state index in [1.54, 1.807) is 14.2 Å². The molecule has 130 valence electrons. The van der Waals surface area contributed by atoms with Crippen LogP contribution in [0.5, 0.6) is 11.5 Å². The molecule has 6 nitrogen and oxygen atoms in total. The van der Waals surface area contributed by atoms with Crippen LogP contribution in [-0.2, 0) is 0 Å². The summed E-state index contributed by atoms with van der Waals surface area (Å²) in [5.74, 6) is 2.05. The van der Waals surface area contributed by atoms with Crippen LogP contribution in [0.2, 0.25) is 0 Å². The summed E-state index contributed by atoms with van der Waals surface area (Å²) in [6.45, 7) is 0. The number of ether oxygens (including phenoxy) is 2. The van der Waals surface area contributed by atoms with Gasteiger partial charge in [-0.3, -0.25) is 4.79 Å². The molecule has 0 bridgehead atoms. The molecule has 0 saturated carbocycles. The maximum absolute atomic E-state index is 12.6. The molecule has 0 aliphatic heterocycles. The molecular formula is C19H15N3O3S. The molecule has 0 fully saturated rings. The highest BCUT2D eigenvalue weighted by Crippen LogP contribution is 2.20. The van der Waals surface area contributed by atoms with Crippen LogP contribution in [0.3, 0.4) is 0 Å². The first-order chi connectivity index (χ1) is 12.7. The zero-order valence-corrected chi connectivity index (χ0v) is 15.0. The third kappa shape index (κ3) is 2.93. The van der Waals surface area contributed by atoms with Gasteiger partial charge in [0.2, 0.25) is 4.96 Å². The Labute approximate surface area is 153 Å². The Kier molecular flexibility index (Phi) is 4.14. The Bertz CT molecular complexity index is 1160. The number of rotatable bonds is 4. The van der Waals surface area contributed by atoms with Gasteiger partial charge in [0.15, 0.2) is 5.82 Å². The van der Waals surface area contributed by atoms with E-state index in [9.17, 15) is 4.79 Å². The summed E-state index contributed by atoms with van der Waals surface area (Å²) in [4.78, 5) is 17.6. The van der Waals surface area contributed by atoms with Crippen LogP contribution in [0.25, 0.3) is 22.4 Å². The van der Waals surface area contributed by atoms with Crippen molar-refractivity contribution < 1.29 is 9.47 Å². The van der Waals surface area contributed by atoms with Gasteiger partial charge in [-0.2, -0.15) is 9.50 Å². The molecule has 0 N–H and O–H groups in total. The average Bonchev–Trinajstić information content (AvgIpc) is 3.22. The van der Waals surface area contributed by atoms with Crippen molar-refractivity contribution in [2.75, 3.05) is 14.2 Å². The van der Waals surface area contributed by atoms with E-state index in [0.717, 1.165) is 22.6 Å². The summed E-state index contributed by atoms with van der Waals surface area (Å²) in [6.07, 6.45) is 1.83. The minimum Gasteiger partial charge on any atom is -0.497 e. The molecular weight excluding hydrogens is 350 g/mol. The first-order valence-electron chi connectivity index (χ1n) is 7.88. The number of benzene rings is 2. The van der Waals surface area contributed by atoms with Crippen molar-refractivity contribution in [3.05, 3.63) is 69.0 Å². The molecule has 0 spiro atoms. The molecule has 0 unspecified atom stereocenters. The third-order valence-corrected chi connectivity index (χ3v) is 4.90. The summed E-state index contributed by atoms with van der Waals surface area (Å²) in [5.41, 5.74) is 1.58. The second-order valence-corrected chi connectivity index (χ2v) is 6.56. The molecule has 7 heteroatoms. The molecule has 4 rings (SSSR count). The molecule has 2 heterocycles. The van der Waals surface area contributed by atoms with Crippen LogP contribution >= 0.6 is 11.3 Å². The second-order valence-electron chi connectivity index (χ2n) is 5.55. The lowest BCUT2D eigenvalue weighted by molar-refractivity contribution is 0.414. The van der Waals surface area contributed by atoms with E-state index in [2.05, 4.69) is 10.1 Å². The van der Waals surface area contributed by atoms with E-state index in [4.69, 9.17) is 9.47 Å². The van der Waals surface area contributed by atoms with E-state index in [1.165, 1.54) is 15.9 Å². The normalized spacial score (nSPS) is 11.8. The molecule has 2 aromatic heterocycles. The van der Waals surface area contributed by atoms with Crippen molar-refractivity contribution in [2.24, 2.45) is 0 Å². The monoisotopic (exact) mass is 365 g/mol. The van der Waals surface area contributed by atoms with Gasteiger partial charge in [0.1, 0.15) is 11.5 Å².